The first-order valence-corrected chi connectivity index (χ1v) is 5.87. The van der Waals surface area contributed by atoms with E-state index in [1.54, 1.807) is 6.07 Å². The molecule has 0 saturated carbocycles. The molecule has 0 bridgehead atoms. The molecule has 1 aliphatic heterocycles. The van der Waals surface area contributed by atoms with Gasteiger partial charge < -0.3 is 10.6 Å². The number of benzene rings is 1. The summed E-state index contributed by atoms with van der Waals surface area (Å²) in [4.78, 5) is 13.2. The highest BCUT2D eigenvalue weighted by Gasteiger charge is 2.30. The number of alkyl halides is 1. The van der Waals surface area contributed by atoms with E-state index in [2.05, 4.69) is 0 Å². The standard InChI is InChI=1S/C10H9Cl3N2O/c11-5-1-10(16)15(4-5)9-3-7(13)6(12)2-8(9)14/h2-3,5H,1,4,14H2. The first-order valence-electron chi connectivity index (χ1n) is 4.68. The van der Waals surface area contributed by atoms with Crippen molar-refractivity contribution in [2.75, 3.05) is 17.2 Å². The SMILES string of the molecule is Nc1cc(Cl)c(Cl)cc1N1CC(Cl)CC1=O. The molecule has 1 amide bonds. The van der Waals surface area contributed by atoms with Crippen molar-refractivity contribution < 1.29 is 4.79 Å². The molecule has 1 aliphatic rings. The van der Waals surface area contributed by atoms with Crippen LogP contribution >= 0.6 is 34.8 Å². The van der Waals surface area contributed by atoms with Gasteiger partial charge in [-0.05, 0) is 12.1 Å². The van der Waals surface area contributed by atoms with E-state index >= 15 is 0 Å². The number of amides is 1. The summed E-state index contributed by atoms with van der Waals surface area (Å²) in [6.45, 7) is 0.447. The molecule has 1 aromatic rings. The molecule has 0 spiro atoms. The van der Waals surface area contributed by atoms with Crippen LogP contribution in [0.25, 0.3) is 0 Å². The highest BCUT2D eigenvalue weighted by molar-refractivity contribution is 6.42. The quantitative estimate of drug-likeness (QED) is 0.634. The van der Waals surface area contributed by atoms with Gasteiger partial charge in [0, 0.05) is 13.0 Å². The summed E-state index contributed by atoms with van der Waals surface area (Å²) in [7, 11) is 0. The van der Waals surface area contributed by atoms with Gasteiger partial charge in [0.2, 0.25) is 5.91 Å². The second-order valence-corrected chi connectivity index (χ2v) is 5.06. The zero-order valence-corrected chi connectivity index (χ0v) is 10.5. The second-order valence-electron chi connectivity index (χ2n) is 3.63. The molecule has 0 radical (unpaired) electrons. The molecule has 1 aromatic carbocycles. The number of hydrogen-bond donors (Lipinski definition) is 1. The molecule has 3 nitrogen and oxygen atoms in total. The molecule has 86 valence electrons. The van der Waals surface area contributed by atoms with E-state index in [4.69, 9.17) is 40.5 Å². The van der Waals surface area contributed by atoms with Crippen LogP contribution < -0.4 is 10.6 Å². The van der Waals surface area contributed by atoms with Crippen molar-refractivity contribution >= 4 is 52.1 Å². The molecule has 0 aliphatic carbocycles. The molecule has 2 N–H and O–H groups in total. The van der Waals surface area contributed by atoms with E-state index < -0.39 is 0 Å². The summed E-state index contributed by atoms with van der Waals surface area (Å²) in [6.07, 6.45) is 0.321. The lowest BCUT2D eigenvalue weighted by Gasteiger charge is -2.18. The van der Waals surface area contributed by atoms with Gasteiger partial charge in [0.15, 0.2) is 0 Å². The summed E-state index contributed by atoms with van der Waals surface area (Å²) >= 11 is 17.6. The highest BCUT2D eigenvalue weighted by Crippen LogP contribution is 2.35. The Bertz CT molecular complexity index is 450. The molecular formula is C10H9Cl3N2O. The fourth-order valence-electron chi connectivity index (χ4n) is 1.68. The van der Waals surface area contributed by atoms with Crippen LogP contribution in [0, 0.1) is 0 Å². The van der Waals surface area contributed by atoms with Crippen LogP contribution in [0.3, 0.4) is 0 Å². The zero-order valence-electron chi connectivity index (χ0n) is 8.21. The van der Waals surface area contributed by atoms with Crippen LogP contribution in [0.2, 0.25) is 10.0 Å². The number of halogens is 3. The Kier molecular flexibility index (Phi) is 3.19. The molecule has 0 aromatic heterocycles. The number of rotatable bonds is 1. The number of carbonyl (C=O) groups is 1. The van der Waals surface area contributed by atoms with Crippen molar-refractivity contribution in [3.8, 4) is 0 Å². The van der Waals surface area contributed by atoms with Gasteiger partial charge in [-0.3, -0.25) is 4.79 Å². The third-order valence-corrected chi connectivity index (χ3v) is 3.45. The lowest BCUT2D eigenvalue weighted by Crippen LogP contribution is -2.25. The molecule has 1 heterocycles. The predicted molar refractivity (Wildman–Crippen MR) is 67.5 cm³/mol. The van der Waals surface area contributed by atoms with Crippen molar-refractivity contribution in [3.63, 3.8) is 0 Å². The number of anilines is 2. The van der Waals surface area contributed by atoms with E-state index in [0.29, 0.717) is 34.4 Å². The van der Waals surface area contributed by atoms with Crippen molar-refractivity contribution in [3.05, 3.63) is 22.2 Å². The predicted octanol–water partition coefficient (Wildman–Crippen LogP) is 2.92. The third-order valence-electron chi connectivity index (χ3n) is 2.44. The van der Waals surface area contributed by atoms with E-state index in [1.165, 1.54) is 11.0 Å². The summed E-state index contributed by atoms with van der Waals surface area (Å²) in [5, 5.41) is 0.565. The smallest absolute Gasteiger partial charge is 0.228 e. The Labute approximate surface area is 108 Å². The summed E-state index contributed by atoms with van der Waals surface area (Å²) in [5.74, 6) is -0.0508. The normalized spacial score (nSPS) is 20.6. The van der Waals surface area contributed by atoms with E-state index in [0.717, 1.165) is 0 Å². The first kappa shape index (κ1) is 11.8. The Morgan fingerprint density at radius 3 is 2.50 bits per heavy atom. The van der Waals surface area contributed by atoms with Crippen molar-refractivity contribution in [2.45, 2.75) is 11.8 Å². The van der Waals surface area contributed by atoms with Gasteiger partial charge in [-0.15, -0.1) is 11.6 Å². The fraction of sp³-hybridized carbons (Fsp3) is 0.300. The molecule has 1 saturated heterocycles. The summed E-state index contributed by atoms with van der Waals surface area (Å²) in [6, 6.07) is 3.13. The lowest BCUT2D eigenvalue weighted by atomic mass is 10.2. The topological polar surface area (TPSA) is 46.3 Å². The van der Waals surface area contributed by atoms with Gasteiger partial charge in [0.25, 0.3) is 0 Å². The molecule has 6 heteroatoms. The van der Waals surface area contributed by atoms with Gasteiger partial charge in [-0.25, -0.2) is 0 Å². The number of carbonyl (C=O) groups excluding carboxylic acids is 1. The molecular weight excluding hydrogens is 270 g/mol. The van der Waals surface area contributed by atoms with Crippen molar-refractivity contribution in [2.24, 2.45) is 0 Å². The molecule has 2 rings (SSSR count). The van der Waals surface area contributed by atoms with Gasteiger partial charge in [-0.2, -0.15) is 0 Å². The summed E-state index contributed by atoms with van der Waals surface area (Å²) in [5.41, 5.74) is 6.79. The monoisotopic (exact) mass is 278 g/mol. The molecule has 1 fully saturated rings. The highest BCUT2D eigenvalue weighted by atomic mass is 35.5. The summed E-state index contributed by atoms with van der Waals surface area (Å²) < 4.78 is 0. The molecule has 1 atom stereocenters. The largest absolute Gasteiger partial charge is 0.397 e. The maximum atomic E-state index is 11.6. The number of hydrogen-bond acceptors (Lipinski definition) is 2. The first-order chi connectivity index (χ1) is 7.49. The minimum Gasteiger partial charge on any atom is -0.397 e. The average Bonchev–Trinajstić information content (AvgIpc) is 2.51. The zero-order chi connectivity index (χ0) is 11.9. The Hall–Kier alpha value is -0.640. The van der Waals surface area contributed by atoms with E-state index in [-0.39, 0.29) is 11.3 Å². The number of nitrogens with two attached hydrogens (primary N) is 1. The maximum Gasteiger partial charge on any atom is 0.228 e. The minimum atomic E-state index is -0.179. The Morgan fingerprint density at radius 1 is 1.31 bits per heavy atom. The Balaban J connectivity index is 2.41. The van der Waals surface area contributed by atoms with Crippen LogP contribution in [0.15, 0.2) is 12.1 Å². The van der Waals surface area contributed by atoms with Crippen molar-refractivity contribution in [1.82, 2.24) is 0 Å². The lowest BCUT2D eigenvalue weighted by molar-refractivity contribution is -0.117. The van der Waals surface area contributed by atoms with Gasteiger partial charge in [0.05, 0.1) is 26.8 Å². The van der Waals surface area contributed by atoms with Crippen molar-refractivity contribution in [1.29, 1.82) is 0 Å². The Morgan fingerprint density at radius 2 is 1.94 bits per heavy atom. The van der Waals surface area contributed by atoms with E-state index in [1.807, 2.05) is 0 Å². The molecule has 16 heavy (non-hydrogen) atoms. The average molecular weight is 280 g/mol. The van der Waals surface area contributed by atoms with Crippen LogP contribution in [-0.4, -0.2) is 17.8 Å². The van der Waals surface area contributed by atoms with Gasteiger partial charge in [0.1, 0.15) is 0 Å². The van der Waals surface area contributed by atoms with Gasteiger partial charge >= 0.3 is 0 Å². The van der Waals surface area contributed by atoms with E-state index in [9.17, 15) is 4.79 Å². The maximum absolute atomic E-state index is 11.6. The van der Waals surface area contributed by atoms with Crippen LogP contribution in [0.5, 0.6) is 0 Å². The van der Waals surface area contributed by atoms with Crippen LogP contribution in [0.4, 0.5) is 11.4 Å². The van der Waals surface area contributed by atoms with Crippen LogP contribution in [-0.2, 0) is 4.79 Å². The number of nitrogens with zero attached hydrogens (tertiary/aromatic N) is 1. The number of nitrogen functional groups attached to an aromatic ring is 1. The van der Waals surface area contributed by atoms with Gasteiger partial charge in [-0.1, -0.05) is 23.2 Å². The third kappa shape index (κ3) is 2.08. The molecule has 1 unspecified atom stereocenters. The minimum absolute atomic E-state index is 0.0508. The fourth-order valence-corrected chi connectivity index (χ4v) is 2.28. The van der Waals surface area contributed by atoms with Crippen LogP contribution in [0.1, 0.15) is 6.42 Å². The second kappa shape index (κ2) is 4.32.